The zero-order chi connectivity index (χ0) is 6.50. The van der Waals surface area contributed by atoms with Crippen LogP contribution in [-0.2, 0) is 27.5 Å². The Hall–Kier alpha value is -0.0705. The van der Waals surface area contributed by atoms with Gasteiger partial charge in [0.25, 0.3) is 0 Å². The van der Waals surface area contributed by atoms with Crippen LogP contribution >= 0.6 is 0 Å². The van der Waals surface area contributed by atoms with Crippen molar-refractivity contribution in [2.24, 2.45) is 0 Å². The molecule has 0 fully saturated rings. The van der Waals surface area contributed by atoms with Crippen molar-refractivity contribution in [3.05, 3.63) is 13.2 Å². The summed E-state index contributed by atoms with van der Waals surface area (Å²) in [4.78, 5) is 0. The van der Waals surface area contributed by atoms with Crippen LogP contribution in [0.15, 0.2) is 13.2 Å². The minimum absolute atomic E-state index is 0. The Morgan fingerprint density at radius 1 is 0.846 bits per heavy atom. The molecule has 0 saturated heterocycles. The van der Waals surface area contributed by atoms with Gasteiger partial charge in [-0.15, -0.1) is 13.2 Å². The van der Waals surface area contributed by atoms with E-state index in [1.807, 2.05) is 0 Å². The van der Waals surface area contributed by atoms with E-state index in [0.717, 1.165) is 0 Å². The molecule has 0 aromatic rings. The van der Waals surface area contributed by atoms with Crippen molar-refractivity contribution < 1.29 is 56.5 Å². The van der Waals surface area contributed by atoms with Crippen molar-refractivity contribution in [2.45, 2.75) is 0 Å². The van der Waals surface area contributed by atoms with Crippen LogP contribution in [0.5, 0.6) is 0 Å². The second kappa shape index (κ2) is 40.5. The number of hydrogen-bond donors (Lipinski definition) is 3. The quantitative estimate of drug-likeness (QED) is 0.236. The Kier molecular flexibility index (Phi) is 236. The first-order valence-electron chi connectivity index (χ1n) is 1.20. The van der Waals surface area contributed by atoms with Gasteiger partial charge in [-0.05, 0) is 0 Å². The predicted octanol–water partition coefficient (Wildman–Crippen LogP) is -2.99. The summed E-state index contributed by atoms with van der Waals surface area (Å²) in [5, 5.41) is 0. The molecule has 13 heavy (non-hydrogen) atoms. The third-order valence-electron chi connectivity index (χ3n) is 0. The van der Waals surface area contributed by atoms with Gasteiger partial charge in [-0.2, -0.15) is 8.42 Å². The maximum atomic E-state index is 8.74. The fraction of sp³-hybridized carbons (Fsp3) is 0. The fourth-order valence-electron chi connectivity index (χ4n) is 0. The zero-order valence-corrected chi connectivity index (χ0v) is 8.51. The first-order chi connectivity index (χ1) is 3.00. The molecule has 0 unspecified atom stereocenters. The fourth-order valence-corrected chi connectivity index (χ4v) is 0. The third kappa shape index (κ3) is 237000. The Bertz CT molecular complexity index is 116. The molecule has 0 aliphatic heterocycles. The average Bonchev–Trinajstić information content (AvgIpc) is 1.36. The summed E-state index contributed by atoms with van der Waals surface area (Å²) in [6.45, 7) is 6.00. The molecular weight excluding hydrogens is 254 g/mol. The van der Waals surface area contributed by atoms with Gasteiger partial charge >= 0.3 is 10.4 Å². The van der Waals surface area contributed by atoms with E-state index in [-0.39, 0.29) is 45.1 Å². The van der Waals surface area contributed by atoms with Gasteiger partial charge in [-0.3, -0.25) is 9.11 Å². The summed E-state index contributed by atoms with van der Waals surface area (Å²) in [6, 6.07) is 0. The average molecular weight is 271 g/mol. The molecule has 0 atom stereocenters. The molecule has 0 aromatic heterocycles. The zero-order valence-electron chi connectivity index (χ0n) is 6.59. The van der Waals surface area contributed by atoms with Crippen molar-refractivity contribution in [1.29, 1.82) is 0 Å². The summed E-state index contributed by atoms with van der Waals surface area (Å²) in [7, 11) is -4.67. The molecule has 0 aromatic carbocycles. The normalized spacial score (nSPS) is 4.77. The Morgan fingerprint density at radius 3 is 0.846 bits per heavy atom. The summed E-state index contributed by atoms with van der Waals surface area (Å²) in [5.74, 6) is 0. The first kappa shape index (κ1) is 75.7. The van der Waals surface area contributed by atoms with Crippen LogP contribution in [0, 0.1) is 0 Å². The largest absolute Gasteiger partial charge is 0.412 e. The third-order valence-corrected chi connectivity index (χ3v) is 0. The molecule has 0 saturated carbocycles. The van der Waals surface area contributed by atoms with Crippen molar-refractivity contribution >= 4 is 10.4 Å². The van der Waals surface area contributed by atoms with E-state index < -0.39 is 10.4 Å². The van der Waals surface area contributed by atoms with Crippen LogP contribution in [0.1, 0.15) is 0 Å². The summed E-state index contributed by atoms with van der Waals surface area (Å²) >= 11 is 0. The van der Waals surface area contributed by atoms with Crippen LogP contribution in [0.2, 0.25) is 0 Å². The van der Waals surface area contributed by atoms with Crippen LogP contribution in [0.25, 0.3) is 0 Å². The van der Waals surface area contributed by atoms with Crippen LogP contribution in [0.4, 0.5) is 0 Å². The molecule has 92 valence electrons. The molecule has 13 N–H and O–H groups in total. The van der Waals surface area contributed by atoms with Gasteiger partial charge in [-0.1, -0.05) is 0 Å². The second-order valence-corrected chi connectivity index (χ2v) is 1.34. The maximum Gasteiger partial charge on any atom is 0.394 e. The predicted molar refractivity (Wildman–Crippen MR) is 44.9 cm³/mol. The van der Waals surface area contributed by atoms with E-state index in [9.17, 15) is 0 Å². The molecular formula is C2H17FeNO8S. The molecule has 9 nitrogen and oxygen atoms in total. The molecule has 0 bridgehead atoms. The van der Waals surface area contributed by atoms with E-state index in [0.29, 0.717) is 0 Å². The monoisotopic (exact) mass is 271 g/mol. The smallest absolute Gasteiger partial charge is 0.394 e. The van der Waals surface area contributed by atoms with Crippen molar-refractivity contribution in [2.75, 3.05) is 0 Å². The first-order valence-corrected chi connectivity index (χ1v) is 2.60. The van der Waals surface area contributed by atoms with E-state index in [4.69, 9.17) is 17.5 Å². The van der Waals surface area contributed by atoms with Gasteiger partial charge in [0.15, 0.2) is 0 Å². The van der Waals surface area contributed by atoms with Gasteiger partial charge < -0.3 is 28.1 Å². The maximum absolute atomic E-state index is 8.74. The Morgan fingerprint density at radius 2 is 0.846 bits per heavy atom. The van der Waals surface area contributed by atoms with E-state index in [1.54, 1.807) is 0 Å². The number of rotatable bonds is 0. The Labute approximate surface area is 86.7 Å². The van der Waals surface area contributed by atoms with Crippen LogP contribution in [-0.4, -0.2) is 39.4 Å². The van der Waals surface area contributed by atoms with Gasteiger partial charge in [0.2, 0.25) is 0 Å². The van der Waals surface area contributed by atoms with Crippen LogP contribution in [0.3, 0.4) is 0 Å². The summed E-state index contributed by atoms with van der Waals surface area (Å²) in [6.07, 6.45) is 0. The molecule has 0 radical (unpaired) electrons. The van der Waals surface area contributed by atoms with Crippen molar-refractivity contribution in [1.82, 2.24) is 6.15 Å². The van der Waals surface area contributed by atoms with Gasteiger partial charge in [0.1, 0.15) is 0 Å². The molecule has 0 aliphatic rings. The Balaban J connectivity index is -0.00000000492. The molecule has 0 heterocycles. The minimum Gasteiger partial charge on any atom is -0.412 e. The van der Waals surface area contributed by atoms with E-state index in [1.165, 1.54) is 0 Å². The van der Waals surface area contributed by atoms with E-state index >= 15 is 0 Å². The molecule has 0 amide bonds. The minimum atomic E-state index is -4.67. The SMILES string of the molecule is C=C.N.O.O.O.O.O=S(=O)(O)O.[Fe]. The van der Waals surface area contributed by atoms with Crippen molar-refractivity contribution in [3.8, 4) is 0 Å². The molecule has 0 spiro atoms. The second-order valence-electron chi connectivity index (χ2n) is 0.448. The van der Waals surface area contributed by atoms with Crippen LogP contribution < -0.4 is 6.15 Å². The van der Waals surface area contributed by atoms with Gasteiger partial charge in [0, 0.05) is 17.1 Å². The topological polar surface area (TPSA) is 236 Å². The summed E-state index contributed by atoms with van der Waals surface area (Å²) < 4.78 is 31.6. The molecule has 0 aliphatic carbocycles. The summed E-state index contributed by atoms with van der Waals surface area (Å²) in [5.41, 5.74) is 0. The van der Waals surface area contributed by atoms with Crippen molar-refractivity contribution in [3.63, 3.8) is 0 Å². The number of hydrogen-bond acceptors (Lipinski definition) is 3. The molecule has 11 heteroatoms. The van der Waals surface area contributed by atoms with Gasteiger partial charge in [0.05, 0.1) is 0 Å². The standard InChI is InChI=1S/C2H4.Fe.H3N.H2O4S.4H2O/c1-2;;;1-5(2,3)4;;;;/h1-2H2;;1H3;(H2,1,2,3,4);4*1H2. The molecule has 0 rings (SSSR count). The van der Waals surface area contributed by atoms with E-state index in [2.05, 4.69) is 13.2 Å². The van der Waals surface area contributed by atoms with Gasteiger partial charge in [-0.25, -0.2) is 0 Å².